The largest absolute Gasteiger partial charge is 0.493 e. The van der Waals surface area contributed by atoms with Crippen molar-refractivity contribution < 1.29 is 28.8 Å². The van der Waals surface area contributed by atoms with E-state index in [0.717, 1.165) is 35.3 Å². The van der Waals surface area contributed by atoms with Crippen LogP contribution in [0.25, 0.3) is 0 Å². The Balaban J connectivity index is 1.38. The minimum Gasteiger partial charge on any atom is -0.493 e. The summed E-state index contributed by atoms with van der Waals surface area (Å²) in [6, 6.07) is 21.8. The van der Waals surface area contributed by atoms with E-state index in [9.17, 15) is 9.82 Å². The molecule has 8 heteroatoms. The third-order valence-corrected chi connectivity index (χ3v) is 8.06. The molecular weight excluding hydrogens is 505 g/mol. The summed E-state index contributed by atoms with van der Waals surface area (Å²) < 4.78 is 23.6. The lowest BCUT2D eigenvalue weighted by molar-refractivity contribution is -0.127. The number of carbonyl (C=O) groups is 1. The van der Waals surface area contributed by atoms with Gasteiger partial charge in [-0.1, -0.05) is 42.5 Å². The van der Waals surface area contributed by atoms with E-state index in [2.05, 4.69) is 0 Å². The third kappa shape index (κ3) is 6.23. The molecule has 2 fully saturated rings. The quantitative estimate of drug-likeness (QED) is 0.322. The summed E-state index contributed by atoms with van der Waals surface area (Å²) in [5.41, 5.74) is 3.04. The minimum atomic E-state index is -0.865. The summed E-state index contributed by atoms with van der Waals surface area (Å²) in [6.07, 6.45) is 5.13. The lowest BCUT2D eigenvalue weighted by Crippen LogP contribution is -2.39. The zero-order valence-electron chi connectivity index (χ0n) is 23.5. The van der Waals surface area contributed by atoms with Gasteiger partial charge in [0.25, 0.3) is 0 Å². The summed E-state index contributed by atoms with van der Waals surface area (Å²) in [5.74, 6) is 2.17. The van der Waals surface area contributed by atoms with Crippen LogP contribution in [0.4, 0.5) is 0 Å². The van der Waals surface area contributed by atoms with Crippen LogP contribution in [0.5, 0.6) is 23.0 Å². The van der Waals surface area contributed by atoms with Gasteiger partial charge in [0.15, 0.2) is 23.0 Å². The summed E-state index contributed by atoms with van der Waals surface area (Å²) in [7, 11) is 2.40. The van der Waals surface area contributed by atoms with Gasteiger partial charge in [0.05, 0.1) is 20.3 Å². The highest BCUT2D eigenvalue weighted by molar-refractivity contribution is 6.49. The molecule has 1 aliphatic heterocycles. The highest BCUT2D eigenvalue weighted by Crippen LogP contribution is 2.41. The third-order valence-electron chi connectivity index (χ3n) is 8.06. The van der Waals surface area contributed by atoms with E-state index < -0.39 is 7.05 Å². The van der Waals surface area contributed by atoms with Crippen molar-refractivity contribution in [3.8, 4) is 23.0 Å². The summed E-state index contributed by atoms with van der Waals surface area (Å²) in [6.45, 7) is 2.51. The number of ether oxygens (including phenoxy) is 4. The van der Waals surface area contributed by atoms with E-state index in [1.165, 1.54) is 12.8 Å². The van der Waals surface area contributed by atoms with Gasteiger partial charge in [-0.15, -0.1) is 0 Å². The number of hydrogen-bond donors (Lipinski definition) is 1. The second-order valence-electron chi connectivity index (χ2n) is 10.7. The molecule has 210 valence electrons. The maximum absolute atomic E-state index is 13.6. The first-order valence-electron chi connectivity index (χ1n) is 14.1. The average molecular weight is 543 g/mol. The van der Waals surface area contributed by atoms with E-state index in [0.29, 0.717) is 36.8 Å². The van der Waals surface area contributed by atoms with Crippen molar-refractivity contribution in [1.29, 1.82) is 0 Å². The second-order valence-corrected chi connectivity index (χ2v) is 10.7. The molecule has 0 radical (unpaired) electrons. The Morgan fingerprint density at radius 3 is 2.30 bits per heavy atom. The standard InChI is InChI=1S/C32H38BNO6/c1-33(36)34-20-27(24-14-16-28(37-2)31(19-24)40-25-11-7-8-12-25)26(32(34)35)17-23-13-15-29(30(18-23)38-3)39-21-22-9-5-4-6-10-22/h4-6,9-10,13-16,18-19,25-27,36H,7-8,11-12,17,20-21H2,1-3H3. The Morgan fingerprint density at radius 2 is 1.60 bits per heavy atom. The molecule has 1 heterocycles. The normalized spacial score (nSPS) is 19.1. The molecule has 0 bridgehead atoms. The molecule has 1 aliphatic carbocycles. The molecule has 7 nitrogen and oxygen atoms in total. The van der Waals surface area contributed by atoms with Gasteiger partial charge in [-0.05, 0) is 79.9 Å². The Bertz CT molecular complexity index is 1290. The number of nitrogens with zero attached hydrogens (tertiary/aromatic N) is 1. The number of methoxy groups -OCH3 is 2. The molecule has 0 aromatic heterocycles. The monoisotopic (exact) mass is 543 g/mol. The van der Waals surface area contributed by atoms with Gasteiger partial charge in [-0.25, -0.2) is 0 Å². The van der Waals surface area contributed by atoms with Crippen LogP contribution in [0, 0.1) is 5.92 Å². The molecule has 1 saturated heterocycles. The molecule has 1 amide bonds. The molecule has 3 aromatic rings. The Labute approximate surface area is 237 Å². The van der Waals surface area contributed by atoms with Crippen LogP contribution in [0.15, 0.2) is 66.7 Å². The lowest BCUT2D eigenvalue weighted by atomic mass is 9.84. The van der Waals surface area contributed by atoms with Gasteiger partial charge < -0.3 is 28.8 Å². The van der Waals surface area contributed by atoms with E-state index in [1.807, 2.05) is 66.7 Å². The van der Waals surface area contributed by atoms with Crippen molar-refractivity contribution in [1.82, 2.24) is 4.81 Å². The maximum Gasteiger partial charge on any atom is 0.411 e. The number of carbonyl (C=O) groups excluding carboxylic acids is 1. The fourth-order valence-electron chi connectivity index (χ4n) is 5.87. The predicted molar refractivity (Wildman–Crippen MR) is 155 cm³/mol. The van der Waals surface area contributed by atoms with Crippen molar-refractivity contribution in [2.75, 3.05) is 20.8 Å². The minimum absolute atomic E-state index is 0.0579. The lowest BCUT2D eigenvalue weighted by Gasteiger charge is -2.21. The first-order chi connectivity index (χ1) is 19.5. The number of benzene rings is 3. The predicted octanol–water partition coefficient (Wildman–Crippen LogP) is 5.50. The van der Waals surface area contributed by atoms with Gasteiger partial charge in [0.1, 0.15) is 6.61 Å². The molecule has 1 saturated carbocycles. The number of hydrogen-bond acceptors (Lipinski definition) is 6. The van der Waals surface area contributed by atoms with Crippen LogP contribution in [0.3, 0.4) is 0 Å². The van der Waals surface area contributed by atoms with Crippen molar-refractivity contribution in [2.24, 2.45) is 5.92 Å². The molecule has 1 N–H and O–H groups in total. The summed E-state index contributed by atoms with van der Waals surface area (Å²) in [4.78, 5) is 15.1. The SMILES string of the molecule is COc1cc(CC2C(=O)N(B(C)O)CC2c2ccc(OC)c(OC3CCCC3)c2)ccc1OCc1ccccc1. The van der Waals surface area contributed by atoms with E-state index in [4.69, 9.17) is 18.9 Å². The van der Waals surface area contributed by atoms with Crippen LogP contribution in [0.2, 0.25) is 6.82 Å². The molecule has 0 spiro atoms. The van der Waals surface area contributed by atoms with Crippen LogP contribution < -0.4 is 18.9 Å². The second kappa shape index (κ2) is 12.7. The molecule has 3 aromatic carbocycles. The summed E-state index contributed by atoms with van der Waals surface area (Å²) >= 11 is 0. The van der Waals surface area contributed by atoms with E-state index >= 15 is 0 Å². The topological polar surface area (TPSA) is 77.5 Å². The van der Waals surface area contributed by atoms with Gasteiger partial charge in [0, 0.05) is 18.4 Å². The summed E-state index contributed by atoms with van der Waals surface area (Å²) in [5, 5.41) is 10.4. The van der Waals surface area contributed by atoms with Crippen molar-refractivity contribution in [3.63, 3.8) is 0 Å². The van der Waals surface area contributed by atoms with Gasteiger partial charge in [-0.2, -0.15) is 0 Å². The number of rotatable bonds is 11. The smallest absolute Gasteiger partial charge is 0.411 e. The van der Waals surface area contributed by atoms with Gasteiger partial charge >= 0.3 is 7.05 Å². The van der Waals surface area contributed by atoms with Crippen LogP contribution in [-0.2, 0) is 17.8 Å². The fraction of sp³-hybridized carbons (Fsp3) is 0.406. The van der Waals surface area contributed by atoms with Crippen LogP contribution in [0.1, 0.15) is 48.3 Å². The fourth-order valence-corrected chi connectivity index (χ4v) is 5.87. The Hall–Kier alpha value is -3.65. The van der Waals surface area contributed by atoms with Crippen LogP contribution in [-0.4, -0.2) is 49.7 Å². The molecule has 2 atom stereocenters. The van der Waals surface area contributed by atoms with Crippen LogP contribution >= 0.6 is 0 Å². The van der Waals surface area contributed by atoms with E-state index in [-0.39, 0.29) is 23.8 Å². The number of amides is 1. The Kier molecular flexibility index (Phi) is 8.85. The average Bonchev–Trinajstić information content (AvgIpc) is 3.60. The molecule has 2 unspecified atom stereocenters. The first kappa shape index (κ1) is 27.9. The molecule has 5 rings (SSSR count). The highest BCUT2D eigenvalue weighted by atomic mass is 16.5. The van der Waals surface area contributed by atoms with Gasteiger partial charge in [-0.3, -0.25) is 4.79 Å². The Morgan fingerprint density at radius 1 is 0.875 bits per heavy atom. The molecule has 2 aliphatic rings. The molecular formula is C32H38BNO6. The maximum atomic E-state index is 13.6. The van der Waals surface area contributed by atoms with Gasteiger partial charge in [0.2, 0.25) is 5.91 Å². The zero-order valence-corrected chi connectivity index (χ0v) is 23.5. The van der Waals surface area contributed by atoms with Crippen molar-refractivity contribution in [2.45, 2.75) is 57.6 Å². The molecule has 40 heavy (non-hydrogen) atoms. The zero-order chi connectivity index (χ0) is 28.1. The first-order valence-corrected chi connectivity index (χ1v) is 14.1. The van der Waals surface area contributed by atoms with Crippen molar-refractivity contribution >= 4 is 13.0 Å². The highest BCUT2D eigenvalue weighted by Gasteiger charge is 2.43. The van der Waals surface area contributed by atoms with Crippen molar-refractivity contribution in [3.05, 3.63) is 83.4 Å². The van der Waals surface area contributed by atoms with E-state index in [1.54, 1.807) is 25.9 Å².